The molecular formula is C18H19NO3. The van der Waals surface area contributed by atoms with Gasteiger partial charge in [0.1, 0.15) is 6.10 Å². The quantitative estimate of drug-likeness (QED) is 0.926. The zero-order valence-corrected chi connectivity index (χ0v) is 12.6. The fourth-order valence-electron chi connectivity index (χ4n) is 2.80. The van der Waals surface area contributed by atoms with Crippen molar-refractivity contribution in [3.63, 3.8) is 0 Å². The molecule has 0 radical (unpaired) electrons. The van der Waals surface area contributed by atoms with E-state index in [0.29, 0.717) is 5.56 Å². The van der Waals surface area contributed by atoms with Crippen molar-refractivity contribution in [1.29, 1.82) is 0 Å². The van der Waals surface area contributed by atoms with Gasteiger partial charge < -0.3 is 14.7 Å². The van der Waals surface area contributed by atoms with E-state index in [0.717, 1.165) is 5.56 Å². The first-order valence-electron chi connectivity index (χ1n) is 7.32. The van der Waals surface area contributed by atoms with Crippen LogP contribution in [0.25, 0.3) is 0 Å². The van der Waals surface area contributed by atoms with Gasteiger partial charge in [0.2, 0.25) is 0 Å². The third kappa shape index (κ3) is 2.30. The van der Waals surface area contributed by atoms with E-state index in [9.17, 15) is 9.90 Å². The monoisotopic (exact) mass is 297 g/mol. The molecule has 0 bridgehead atoms. The van der Waals surface area contributed by atoms with E-state index in [1.807, 2.05) is 43.3 Å². The molecule has 0 saturated carbocycles. The fraction of sp³-hybridized carbons (Fsp3) is 0.278. The molecule has 2 aromatic carbocycles. The van der Waals surface area contributed by atoms with E-state index >= 15 is 0 Å². The zero-order valence-electron chi connectivity index (χ0n) is 12.6. The van der Waals surface area contributed by atoms with Gasteiger partial charge in [0.15, 0.2) is 0 Å². The summed E-state index contributed by atoms with van der Waals surface area (Å²) < 4.78 is 5.91. The Kier molecular flexibility index (Phi) is 3.72. The molecule has 0 spiro atoms. The molecule has 22 heavy (non-hydrogen) atoms. The van der Waals surface area contributed by atoms with Gasteiger partial charge in [0.05, 0.1) is 6.04 Å². The van der Waals surface area contributed by atoms with Crippen molar-refractivity contribution in [1.82, 2.24) is 4.90 Å². The SMILES string of the molecule is C[C@H]1[C@@H](c2ccccc2)O[C@@](O)(c2ccccc2)C(=O)N1C. The minimum Gasteiger partial charge on any atom is -0.354 e. The summed E-state index contributed by atoms with van der Waals surface area (Å²) in [7, 11) is 1.69. The van der Waals surface area contributed by atoms with Gasteiger partial charge in [-0.1, -0.05) is 60.7 Å². The molecule has 1 amide bonds. The second kappa shape index (κ2) is 5.55. The van der Waals surface area contributed by atoms with Crippen molar-refractivity contribution >= 4 is 5.91 Å². The van der Waals surface area contributed by atoms with E-state index in [1.165, 1.54) is 0 Å². The van der Waals surface area contributed by atoms with Crippen LogP contribution in [-0.4, -0.2) is 29.0 Å². The van der Waals surface area contributed by atoms with Crippen LogP contribution in [0.4, 0.5) is 0 Å². The number of likely N-dealkylation sites (N-methyl/N-ethyl adjacent to an activating group) is 1. The first kappa shape index (κ1) is 14.8. The lowest BCUT2D eigenvalue weighted by Crippen LogP contribution is -2.57. The molecule has 4 nitrogen and oxygen atoms in total. The fourth-order valence-corrected chi connectivity index (χ4v) is 2.80. The maximum atomic E-state index is 12.6. The number of aliphatic hydroxyl groups is 1. The average Bonchev–Trinajstić information content (AvgIpc) is 2.58. The number of morpholine rings is 1. The van der Waals surface area contributed by atoms with Crippen molar-refractivity contribution in [2.45, 2.75) is 24.9 Å². The number of carbonyl (C=O) groups excluding carboxylic acids is 1. The molecule has 0 unspecified atom stereocenters. The van der Waals surface area contributed by atoms with Crippen molar-refractivity contribution in [2.24, 2.45) is 0 Å². The van der Waals surface area contributed by atoms with E-state index in [2.05, 4.69) is 0 Å². The summed E-state index contributed by atoms with van der Waals surface area (Å²) in [6.45, 7) is 1.92. The van der Waals surface area contributed by atoms with E-state index in [-0.39, 0.29) is 6.04 Å². The molecular weight excluding hydrogens is 278 g/mol. The third-order valence-electron chi connectivity index (χ3n) is 4.25. The van der Waals surface area contributed by atoms with Crippen molar-refractivity contribution in [2.75, 3.05) is 7.05 Å². The predicted molar refractivity (Wildman–Crippen MR) is 82.8 cm³/mol. The first-order chi connectivity index (χ1) is 10.5. The van der Waals surface area contributed by atoms with Crippen LogP contribution in [0.3, 0.4) is 0 Å². The van der Waals surface area contributed by atoms with Crippen LogP contribution in [0.15, 0.2) is 60.7 Å². The lowest BCUT2D eigenvalue weighted by Gasteiger charge is -2.45. The molecule has 0 aromatic heterocycles. The Bertz CT molecular complexity index is 659. The normalized spacial score (nSPS) is 28.7. The smallest absolute Gasteiger partial charge is 0.287 e. The minimum atomic E-state index is -1.96. The summed E-state index contributed by atoms with van der Waals surface area (Å²) in [6.07, 6.45) is -0.394. The summed E-state index contributed by atoms with van der Waals surface area (Å²) in [4.78, 5) is 14.1. The van der Waals surface area contributed by atoms with E-state index in [1.54, 1.807) is 36.2 Å². The zero-order chi connectivity index (χ0) is 15.7. The van der Waals surface area contributed by atoms with Gasteiger partial charge in [-0.15, -0.1) is 0 Å². The van der Waals surface area contributed by atoms with E-state index in [4.69, 9.17) is 4.74 Å². The van der Waals surface area contributed by atoms with Crippen molar-refractivity contribution < 1.29 is 14.6 Å². The molecule has 1 N–H and O–H groups in total. The number of hydrogen-bond acceptors (Lipinski definition) is 3. The summed E-state index contributed by atoms with van der Waals surface area (Å²) in [5, 5.41) is 10.9. The summed E-state index contributed by atoms with van der Waals surface area (Å²) in [5.74, 6) is -2.40. The van der Waals surface area contributed by atoms with Crippen LogP contribution in [0, 0.1) is 0 Å². The van der Waals surface area contributed by atoms with Crippen molar-refractivity contribution in [3.8, 4) is 0 Å². The van der Waals surface area contributed by atoms with Crippen LogP contribution >= 0.6 is 0 Å². The molecule has 1 heterocycles. The van der Waals surface area contributed by atoms with Crippen molar-refractivity contribution in [3.05, 3.63) is 71.8 Å². The number of carbonyl (C=O) groups is 1. The Labute approximate surface area is 130 Å². The predicted octanol–water partition coefficient (Wildman–Crippen LogP) is 2.45. The highest BCUT2D eigenvalue weighted by atomic mass is 16.6. The summed E-state index contributed by atoms with van der Waals surface area (Å²) >= 11 is 0. The van der Waals surface area contributed by atoms with Crippen LogP contribution in [0.5, 0.6) is 0 Å². The molecule has 3 rings (SSSR count). The number of amides is 1. The molecule has 1 saturated heterocycles. The molecule has 0 aliphatic carbocycles. The van der Waals surface area contributed by atoms with Gasteiger partial charge in [-0.05, 0) is 12.5 Å². The largest absolute Gasteiger partial charge is 0.354 e. The Balaban J connectivity index is 2.03. The number of ether oxygens (including phenoxy) is 1. The number of benzene rings is 2. The summed E-state index contributed by atoms with van der Waals surface area (Å²) in [5.41, 5.74) is 1.38. The second-order valence-electron chi connectivity index (χ2n) is 5.62. The Morgan fingerprint density at radius 2 is 1.59 bits per heavy atom. The van der Waals surface area contributed by atoms with Gasteiger partial charge >= 0.3 is 0 Å². The van der Waals surface area contributed by atoms with Crippen LogP contribution in [0.2, 0.25) is 0 Å². The minimum absolute atomic E-state index is 0.168. The van der Waals surface area contributed by atoms with Gasteiger partial charge in [-0.25, -0.2) is 0 Å². The van der Waals surface area contributed by atoms with Gasteiger partial charge in [-0.2, -0.15) is 0 Å². The molecule has 4 heteroatoms. The summed E-state index contributed by atoms with van der Waals surface area (Å²) in [6, 6.07) is 18.3. The Hall–Kier alpha value is -2.17. The maximum absolute atomic E-state index is 12.6. The number of hydrogen-bond donors (Lipinski definition) is 1. The third-order valence-corrected chi connectivity index (χ3v) is 4.25. The second-order valence-corrected chi connectivity index (χ2v) is 5.62. The van der Waals surface area contributed by atoms with E-state index < -0.39 is 17.8 Å². The Morgan fingerprint density at radius 1 is 1.05 bits per heavy atom. The highest BCUT2D eigenvalue weighted by molar-refractivity contribution is 5.85. The average molecular weight is 297 g/mol. The van der Waals surface area contributed by atoms with Gasteiger partial charge in [0.25, 0.3) is 11.7 Å². The highest BCUT2D eigenvalue weighted by Crippen LogP contribution is 2.39. The van der Waals surface area contributed by atoms with Crippen LogP contribution in [-0.2, 0) is 15.3 Å². The molecule has 2 aromatic rings. The number of nitrogens with zero attached hydrogens (tertiary/aromatic N) is 1. The lowest BCUT2D eigenvalue weighted by atomic mass is 9.95. The highest BCUT2D eigenvalue weighted by Gasteiger charge is 2.50. The molecule has 114 valence electrons. The standard InChI is InChI=1S/C18H19NO3/c1-13-16(14-9-5-3-6-10-14)22-18(21,17(20)19(13)2)15-11-7-4-8-12-15/h3-13,16,21H,1-2H3/t13-,16-,18-/m0/s1. The molecule has 1 fully saturated rings. The topological polar surface area (TPSA) is 49.8 Å². The Morgan fingerprint density at radius 3 is 2.18 bits per heavy atom. The van der Waals surface area contributed by atoms with Gasteiger partial charge in [0, 0.05) is 12.6 Å². The lowest BCUT2D eigenvalue weighted by molar-refractivity contribution is -0.270. The maximum Gasteiger partial charge on any atom is 0.287 e. The van der Waals surface area contributed by atoms with Crippen LogP contribution in [0.1, 0.15) is 24.2 Å². The van der Waals surface area contributed by atoms with Crippen LogP contribution < -0.4 is 0 Å². The first-order valence-corrected chi connectivity index (χ1v) is 7.32. The molecule has 1 aliphatic rings. The molecule has 3 atom stereocenters. The number of rotatable bonds is 2. The van der Waals surface area contributed by atoms with Gasteiger partial charge in [-0.3, -0.25) is 4.79 Å². The molecule has 1 aliphatic heterocycles.